The Labute approximate surface area is 123 Å². The lowest BCUT2D eigenvalue weighted by Crippen LogP contribution is -2.22. The van der Waals surface area contributed by atoms with Crippen LogP contribution in [-0.2, 0) is 4.43 Å². The minimum Gasteiger partial charge on any atom is -0.550 e. The standard InChI is InChI=1S/C17H36OSi/c1-6-8-9-10-11-12-13-14-15-17(7-2)16-18-19(3,4)5/h16H,6-15H2,1-5H3/b17-16+. The van der Waals surface area contributed by atoms with Crippen LogP contribution in [0.4, 0.5) is 0 Å². The Kier molecular flexibility index (Phi) is 11.4. The summed E-state index contributed by atoms with van der Waals surface area (Å²) in [5, 5.41) is 0. The maximum atomic E-state index is 5.88. The molecule has 0 unspecified atom stereocenters. The first-order valence-electron chi connectivity index (χ1n) is 8.35. The van der Waals surface area contributed by atoms with Crippen molar-refractivity contribution in [2.24, 2.45) is 0 Å². The third-order valence-corrected chi connectivity index (χ3v) is 4.21. The van der Waals surface area contributed by atoms with E-state index in [4.69, 9.17) is 4.43 Å². The van der Waals surface area contributed by atoms with Gasteiger partial charge in [0.2, 0.25) is 8.32 Å². The van der Waals surface area contributed by atoms with E-state index in [0.29, 0.717) is 0 Å². The van der Waals surface area contributed by atoms with Gasteiger partial charge in [0.25, 0.3) is 0 Å². The minimum atomic E-state index is -1.39. The number of allylic oxidation sites excluding steroid dienone is 1. The first kappa shape index (κ1) is 18.8. The van der Waals surface area contributed by atoms with E-state index in [1.165, 1.54) is 63.4 Å². The van der Waals surface area contributed by atoms with E-state index in [9.17, 15) is 0 Å². The summed E-state index contributed by atoms with van der Waals surface area (Å²) in [6, 6.07) is 0. The van der Waals surface area contributed by atoms with Crippen molar-refractivity contribution < 1.29 is 4.43 Å². The lowest BCUT2D eigenvalue weighted by Gasteiger charge is -2.16. The Bertz CT molecular complexity index is 228. The Morgan fingerprint density at radius 1 is 0.842 bits per heavy atom. The van der Waals surface area contributed by atoms with Crippen LogP contribution in [0.2, 0.25) is 19.6 Å². The quantitative estimate of drug-likeness (QED) is 0.221. The number of unbranched alkanes of at least 4 members (excludes halogenated alkanes) is 7. The summed E-state index contributed by atoms with van der Waals surface area (Å²) < 4.78 is 5.88. The zero-order chi connectivity index (χ0) is 14.6. The lowest BCUT2D eigenvalue weighted by atomic mass is 10.0. The average molecular weight is 285 g/mol. The van der Waals surface area contributed by atoms with Gasteiger partial charge < -0.3 is 4.43 Å². The first-order chi connectivity index (χ1) is 8.99. The summed E-state index contributed by atoms with van der Waals surface area (Å²) in [4.78, 5) is 0. The molecule has 0 N–H and O–H groups in total. The van der Waals surface area contributed by atoms with Gasteiger partial charge in [0.15, 0.2) is 0 Å². The molecule has 2 heteroatoms. The van der Waals surface area contributed by atoms with Crippen molar-refractivity contribution in [3.63, 3.8) is 0 Å². The van der Waals surface area contributed by atoms with Crippen LogP contribution in [0, 0.1) is 0 Å². The normalized spacial score (nSPS) is 12.8. The Balaban J connectivity index is 3.56. The summed E-state index contributed by atoms with van der Waals surface area (Å²) in [7, 11) is -1.39. The highest BCUT2D eigenvalue weighted by Gasteiger charge is 2.13. The van der Waals surface area contributed by atoms with Gasteiger partial charge in [-0.25, -0.2) is 0 Å². The molecule has 114 valence electrons. The Morgan fingerprint density at radius 2 is 1.37 bits per heavy atom. The molecule has 19 heavy (non-hydrogen) atoms. The Hall–Kier alpha value is -0.243. The molecule has 0 aliphatic carbocycles. The first-order valence-corrected chi connectivity index (χ1v) is 11.8. The molecule has 1 nitrogen and oxygen atoms in total. The highest BCUT2D eigenvalue weighted by atomic mass is 28.4. The van der Waals surface area contributed by atoms with Crippen molar-refractivity contribution >= 4 is 8.32 Å². The molecule has 0 rings (SSSR count). The maximum Gasteiger partial charge on any atom is 0.241 e. The fraction of sp³-hybridized carbons (Fsp3) is 0.882. The molecule has 0 aromatic rings. The molecular formula is C17H36OSi. The average Bonchev–Trinajstić information content (AvgIpc) is 2.35. The van der Waals surface area contributed by atoms with Crippen molar-refractivity contribution in [1.82, 2.24) is 0 Å². The van der Waals surface area contributed by atoms with Gasteiger partial charge in [-0.1, -0.05) is 58.8 Å². The SMILES string of the molecule is CCCCCCCCCC/C(=C/O[Si](C)(C)C)CC. The molecule has 0 amide bonds. The van der Waals surface area contributed by atoms with Crippen LogP contribution in [0.25, 0.3) is 0 Å². The minimum absolute atomic E-state index is 1.14. The van der Waals surface area contributed by atoms with Crippen LogP contribution in [0.1, 0.15) is 78.1 Å². The van der Waals surface area contributed by atoms with Crippen LogP contribution < -0.4 is 0 Å². The summed E-state index contributed by atoms with van der Waals surface area (Å²) in [6.45, 7) is 11.2. The van der Waals surface area contributed by atoms with Gasteiger partial charge in [0.1, 0.15) is 0 Å². The van der Waals surface area contributed by atoms with Gasteiger partial charge in [-0.2, -0.15) is 0 Å². The molecule has 0 aliphatic rings. The van der Waals surface area contributed by atoms with Crippen LogP contribution >= 0.6 is 0 Å². The van der Waals surface area contributed by atoms with Gasteiger partial charge in [-0.3, -0.25) is 0 Å². The van der Waals surface area contributed by atoms with Gasteiger partial charge >= 0.3 is 0 Å². The van der Waals surface area contributed by atoms with Gasteiger partial charge in [0, 0.05) is 0 Å². The molecule has 0 radical (unpaired) electrons. The Morgan fingerprint density at radius 3 is 1.84 bits per heavy atom. The number of hydrogen-bond donors (Lipinski definition) is 0. The summed E-state index contributed by atoms with van der Waals surface area (Å²) in [5.74, 6) is 0. The molecule has 0 aromatic heterocycles. The molecular weight excluding hydrogens is 248 g/mol. The topological polar surface area (TPSA) is 9.23 Å². The van der Waals surface area contributed by atoms with Gasteiger partial charge in [-0.05, 0) is 44.5 Å². The second-order valence-corrected chi connectivity index (χ2v) is 11.0. The smallest absolute Gasteiger partial charge is 0.241 e. The monoisotopic (exact) mass is 284 g/mol. The molecule has 0 heterocycles. The highest BCUT2D eigenvalue weighted by molar-refractivity contribution is 6.69. The van der Waals surface area contributed by atoms with Crippen LogP contribution in [0.3, 0.4) is 0 Å². The maximum absolute atomic E-state index is 5.88. The molecule has 0 aromatic carbocycles. The molecule has 0 spiro atoms. The van der Waals surface area contributed by atoms with E-state index >= 15 is 0 Å². The predicted octanol–water partition coefficient (Wildman–Crippen LogP) is 6.66. The molecule has 0 bridgehead atoms. The molecule has 0 fully saturated rings. The van der Waals surface area contributed by atoms with Crippen molar-refractivity contribution in [1.29, 1.82) is 0 Å². The van der Waals surface area contributed by atoms with E-state index in [-0.39, 0.29) is 0 Å². The third-order valence-electron chi connectivity index (χ3n) is 3.38. The van der Waals surface area contributed by atoms with Crippen LogP contribution in [0.15, 0.2) is 11.8 Å². The van der Waals surface area contributed by atoms with E-state index < -0.39 is 8.32 Å². The lowest BCUT2D eigenvalue weighted by molar-refractivity contribution is 0.466. The van der Waals surface area contributed by atoms with E-state index in [1.807, 2.05) is 0 Å². The third kappa shape index (κ3) is 14.0. The van der Waals surface area contributed by atoms with Crippen LogP contribution in [0.5, 0.6) is 0 Å². The fourth-order valence-corrected chi connectivity index (χ4v) is 2.59. The van der Waals surface area contributed by atoms with E-state index in [0.717, 1.165) is 6.42 Å². The summed E-state index contributed by atoms with van der Waals surface area (Å²) in [6.07, 6.45) is 15.6. The highest BCUT2D eigenvalue weighted by Crippen LogP contribution is 2.16. The molecule has 0 saturated carbocycles. The molecule has 0 saturated heterocycles. The van der Waals surface area contributed by atoms with E-state index in [2.05, 4.69) is 39.8 Å². The summed E-state index contributed by atoms with van der Waals surface area (Å²) >= 11 is 0. The van der Waals surface area contributed by atoms with E-state index in [1.54, 1.807) is 0 Å². The summed E-state index contributed by atoms with van der Waals surface area (Å²) in [5.41, 5.74) is 1.49. The second-order valence-electron chi connectivity index (χ2n) is 6.58. The number of rotatable bonds is 12. The fourth-order valence-electron chi connectivity index (χ4n) is 2.07. The molecule has 0 atom stereocenters. The largest absolute Gasteiger partial charge is 0.550 e. The second kappa shape index (κ2) is 11.6. The molecule has 0 aliphatic heterocycles. The van der Waals surface area contributed by atoms with Crippen molar-refractivity contribution in [2.45, 2.75) is 97.7 Å². The van der Waals surface area contributed by atoms with Crippen molar-refractivity contribution in [3.05, 3.63) is 11.8 Å². The van der Waals surface area contributed by atoms with Crippen LogP contribution in [-0.4, -0.2) is 8.32 Å². The predicted molar refractivity (Wildman–Crippen MR) is 90.0 cm³/mol. The zero-order valence-corrected chi connectivity index (χ0v) is 15.1. The van der Waals surface area contributed by atoms with Crippen molar-refractivity contribution in [3.8, 4) is 0 Å². The van der Waals surface area contributed by atoms with Gasteiger partial charge in [0.05, 0.1) is 6.26 Å². The van der Waals surface area contributed by atoms with Gasteiger partial charge in [-0.15, -0.1) is 0 Å². The zero-order valence-electron chi connectivity index (χ0n) is 14.1. The number of hydrogen-bond acceptors (Lipinski definition) is 1. The van der Waals surface area contributed by atoms with Crippen molar-refractivity contribution in [2.75, 3.05) is 0 Å².